The number of hydrogen-bond donors (Lipinski definition) is 3. The average Bonchev–Trinajstić information content (AvgIpc) is 2.41. The lowest BCUT2D eigenvalue weighted by Crippen LogP contribution is -2.50. The average molecular weight is 299 g/mol. The van der Waals surface area contributed by atoms with Crippen molar-refractivity contribution in [3.63, 3.8) is 0 Å². The highest BCUT2D eigenvalue weighted by Crippen LogP contribution is 2.26. The van der Waals surface area contributed by atoms with E-state index in [-0.39, 0.29) is 16.6 Å². The summed E-state index contributed by atoms with van der Waals surface area (Å²) in [5.74, 6) is -0.134. The molecular weight excluding hydrogens is 282 g/mol. The lowest BCUT2D eigenvalue weighted by molar-refractivity contribution is -0.124. The maximum Gasteiger partial charge on any atom is 0.245 e. The molecule has 0 radical (unpaired) electrons. The molecule has 110 valence electrons. The molecule has 8 heteroatoms. The first-order chi connectivity index (χ1) is 9.44. The number of benzene rings is 1. The van der Waals surface area contributed by atoms with Gasteiger partial charge in [0.2, 0.25) is 15.9 Å². The molecule has 1 fully saturated rings. The van der Waals surface area contributed by atoms with E-state index in [0.717, 1.165) is 6.42 Å². The molecule has 0 saturated carbocycles. The van der Waals surface area contributed by atoms with Crippen molar-refractivity contribution in [1.82, 2.24) is 10.0 Å². The third-order valence-corrected chi connectivity index (χ3v) is 4.55. The first-order valence-electron chi connectivity index (χ1n) is 6.17. The molecule has 1 aliphatic heterocycles. The van der Waals surface area contributed by atoms with Gasteiger partial charge in [-0.05, 0) is 31.0 Å². The van der Waals surface area contributed by atoms with Crippen molar-refractivity contribution in [2.24, 2.45) is 0 Å². The Balaban J connectivity index is 2.30. The first kappa shape index (κ1) is 14.6. The highest BCUT2D eigenvalue weighted by Gasteiger charge is 2.29. The number of rotatable bonds is 4. The molecular formula is C12H17N3O4S. The zero-order valence-corrected chi connectivity index (χ0v) is 11.9. The van der Waals surface area contributed by atoms with E-state index < -0.39 is 16.1 Å². The molecule has 2 rings (SSSR count). The molecule has 0 spiro atoms. The van der Waals surface area contributed by atoms with E-state index >= 15 is 0 Å². The molecule has 1 amide bonds. The van der Waals surface area contributed by atoms with Gasteiger partial charge in [0.25, 0.3) is 0 Å². The Hall–Kier alpha value is -1.80. The lowest BCUT2D eigenvalue weighted by Gasteiger charge is -2.23. The number of nitrogens with two attached hydrogens (primary N) is 1. The van der Waals surface area contributed by atoms with Crippen LogP contribution in [0.3, 0.4) is 0 Å². The van der Waals surface area contributed by atoms with E-state index in [1.165, 1.54) is 19.2 Å². The number of carbonyl (C=O) groups is 1. The summed E-state index contributed by atoms with van der Waals surface area (Å²) in [6.45, 7) is 0.568. The number of methoxy groups -OCH3 is 1. The third-order valence-electron chi connectivity index (χ3n) is 3.06. The molecule has 4 N–H and O–H groups in total. The molecule has 1 aromatic carbocycles. The van der Waals surface area contributed by atoms with Gasteiger partial charge < -0.3 is 15.8 Å². The van der Waals surface area contributed by atoms with Gasteiger partial charge >= 0.3 is 0 Å². The molecule has 1 atom stereocenters. The molecule has 20 heavy (non-hydrogen) atoms. The summed E-state index contributed by atoms with van der Waals surface area (Å²) in [6, 6.07) is 3.57. The second-order valence-corrected chi connectivity index (χ2v) is 6.20. The number of ether oxygens (including phenoxy) is 1. The van der Waals surface area contributed by atoms with Crippen LogP contribution in [-0.4, -0.2) is 34.0 Å². The standard InChI is InChI=1S/C12H17N3O4S/c1-19-10-5-4-8(13)7-11(10)20(17,18)15-9-3-2-6-14-12(9)16/h4-5,7,9,15H,2-3,6,13H2,1H3,(H,14,16). The normalized spacial score (nSPS) is 19.4. The molecule has 1 aliphatic rings. The van der Waals surface area contributed by atoms with Crippen molar-refractivity contribution < 1.29 is 17.9 Å². The smallest absolute Gasteiger partial charge is 0.245 e. The second-order valence-electron chi connectivity index (χ2n) is 4.52. The van der Waals surface area contributed by atoms with Crippen LogP contribution in [0.25, 0.3) is 0 Å². The summed E-state index contributed by atoms with van der Waals surface area (Å²) in [5, 5.41) is 2.62. The minimum Gasteiger partial charge on any atom is -0.495 e. The number of sulfonamides is 1. The number of hydrogen-bond acceptors (Lipinski definition) is 5. The SMILES string of the molecule is COc1ccc(N)cc1S(=O)(=O)NC1CCCNC1=O. The predicted octanol–water partition coefficient (Wildman–Crippen LogP) is -0.166. The Morgan fingerprint density at radius 1 is 1.45 bits per heavy atom. The molecule has 1 aromatic rings. The van der Waals surface area contributed by atoms with Gasteiger partial charge in [-0.1, -0.05) is 0 Å². The maximum absolute atomic E-state index is 12.4. The highest BCUT2D eigenvalue weighted by atomic mass is 32.2. The van der Waals surface area contributed by atoms with Crippen molar-refractivity contribution in [3.8, 4) is 5.75 Å². The van der Waals surface area contributed by atoms with Crippen molar-refractivity contribution in [3.05, 3.63) is 18.2 Å². The minimum atomic E-state index is -3.87. The van der Waals surface area contributed by atoms with Gasteiger partial charge in [0.05, 0.1) is 7.11 Å². The van der Waals surface area contributed by atoms with Gasteiger partial charge in [0.1, 0.15) is 16.7 Å². The van der Waals surface area contributed by atoms with Crippen molar-refractivity contribution in [1.29, 1.82) is 0 Å². The largest absolute Gasteiger partial charge is 0.495 e. The number of nitrogen functional groups attached to an aromatic ring is 1. The van der Waals surface area contributed by atoms with Gasteiger partial charge in [0, 0.05) is 12.2 Å². The van der Waals surface area contributed by atoms with Crippen molar-refractivity contribution >= 4 is 21.6 Å². The fourth-order valence-corrected chi connectivity index (χ4v) is 3.47. The second kappa shape index (κ2) is 5.68. The van der Waals surface area contributed by atoms with Crippen LogP contribution in [0.1, 0.15) is 12.8 Å². The van der Waals surface area contributed by atoms with E-state index in [0.29, 0.717) is 18.7 Å². The quantitative estimate of drug-likeness (QED) is 0.669. The molecule has 0 aromatic heterocycles. The zero-order chi connectivity index (χ0) is 14.8. The van der Waals surface area contributed by atoms with Crippen LogP contribution in [-0.2, 0) is 14.8 Å². The molecule has 1 heterocycles. The summed E-state index contributed by atoms with van der Waals surface area (Å²) >= 11 is 0. The fourth-order valence-electron chi connectivity index (χ4n) is 2.04. The van der Waals surface area contributed by atoms with E-state index in [1.807, 2.05) is 0 Å². The van der Waals surface area contributed by atoms with Gasteiger partial charge in [-0.25, -0.2) is 8.42 Å². The van der Waals surface area contributed by atoms with Crippen LogP contribution < -0.4 is 20.5 Å². The lowest BCUT2D eigenvalue weighted by atomic mass is 10.1. The number of carbonyl (C=O) groups excluding carboxylic acids is 1. The van der Waals surface area contributed by atoms with Crippen LogP contribution >= 0.6 is 0 Å². The minimum absolute atomic E-state index is 0.0710. The van der Waals surface area contributed by atoms with Crippen molar-refractivity contribution in [2.75, 3.05) is 19.4 Å². The van der Waals surface area contributed by atoms with E-state index in [1.54, 1.807) is 6.07 Å². The van der Waals surface area contributed by atoms with E-state index in [4.69, 9.17) is 10.5 Å². The Morgan fingerprint density at radius 2 is 2.20 bits per heavy atom. The molecule has 1 saturated heterocycles. The first-order valence-corrected chi connectivity index (χ1v) is 7.66. The van der Waals surface area contributed by atoms with Gasteiger partial charge in [0.15, 0.2) is 0 Å². The molecule has 7 nitrogen and oxygen atoms in total. The van der Waals surface area contributed by atoms with Crippen LogP contribution in [0.4, 0.5) is 5.69 Å². The summed E-state index contributed by atoms with van der Waals surface area (Å²) in [5.41, 5.74) is 5.92. The van der Waals surface area contributed by atoms with Gasteiger partial charge in [-0.3, -0.25) is 4.79 Å². The van der Waals surface area contributed by atoms with Gasteiger partial charge in [-0.15, -0.1) is 0 Å². The highest BCUT2D eigenvalue weighted by molar-refractivity contribution is 7.89. The Labute approximate surface area is 117 Å². The Kier molecular flexibility index (Phi) is 4.15. The maximum atomic E-state index is 12.4. The van der Waals surface area contributed by atoms with Crippen LogP contribution in [0, 0.1) is 0 Å². The van der Waals surface area contributed by atoms with E-state index in [9.17, 15) is 13.2 Å². The fraction of sp³-hybridized carbons (Fsp3) is 0.417. The summed E-state index contributed by atoms with van der Waals surface area (Å²) < 4.78 is 32.1. The monoisotopic (exact) mass is 299 g/mol. The summed E-state index contributed by atoms with van der Waals surface area (Å²) in [7, 11) is -2.50. The van der Waals surface area contributed by atoms with Crippen LogP contribution in [0.2, 0.25) is 0 Å². The van der Waals surface area contributed by atoms with Crippen molar-refractivity contribution in [2.45, 2.75) is 23.8 Å². The van der Waals surface area contributed by atoms with Gasteiger partial charge in [-0.2, -0.15) is 4.72 Å². The molecule has 0 aliphatic carbocycles. The van der Waals surface area contributed by atoms with E-state index in [2.05, 4.69) is 10.0 Å². The number of nitrogens with one attached hydrogen (secondary N) is 2. The Morgan fingerprint density at radius 3 is 2.85 bits per heavy atom. The summed E-state index contributed by atoms with van der Waals surface area (Å²) in [4.78, 5) is 11.6. The van der Waals surface area contributed by atoms with Crippen LogP contribution in [0.15, 0.2) is 23.1 Å². The van der Waals surface area contributed by atoms with Crippen LogP contribution in [0.5, 0.6) is 5.75 Å². The molecule has 1 unspecified atom stereocenters. The number of anilines is 1. The third kappa shape index (κ3) is 3.02. The number of amides is 1. The zero-order valence-electron chi connectivity index (χ0n) is 11.0. The summed E-state index contributed by atoms with van der Waals surface area (Å²) in [6.07, 6.45) is 1.20. The molecule has 0 bridgehead atoms. The Bertz CT molecular complexity index is 615. The predicted molar refractivity (Wildman–Crippen MR) is 73.8 cm³/mol. The number of piperidine rings is 1. The topological polar surface area (TPSA) is 111 Å².